The zero-order valence-corrected chi connectivity index (χ0v) is 12.3. The van der Waals surface area contributed by atoms with Gasteiger partial charge in [-0.1, -0.05) is 26.0 Å². The van der Waals surface area contributed by atoms with E-state index >= 15 is 0 Å². The van der Waals surface area contributed by atoms with Crippen LogP contribution < -0.4 is 11.3 Å². The van der Waals surface area contributed by atoms with E-state index in [2.05, 4.69) is 24.2 Å². The molecule has 0 aliphatic rings. The normalized spacial score (nSPS) is 11.1. The van der Waals surface area contributed by atoms with Gasteiger partial charge in [-0.25, -0.2) is 5.84 Å². The Labute approximate surface area is 120 Å². The third kappa shape index (κ3) is 4.59. The first-order chi connectivity index (χ1) is 9.65. The highest BCUT2D eigenvalue weighted by Gasteiger charge is 2.15. The van der Waals surface area contributed by atoms with Crippen molar-refractivity contribution >= 4 is 5.91 Å². The molecule has 0 saturated carbocycles. The van der Waals surface area contributed by atoms with E-state index in [1.807, 2.05) is 12.1 Å². The van der Waals surface area contributed by atoms with Crippen LogP contribution in [-0.2, 0) is 6.54 Å². The van der Waals surface area contributed by atoms with Crippen LogP contribution in [0.4, 0.5) is 0 Å². The van der Waals surface area contributed by atoms with Crippen molar-refractivity contribution in [1.29, 1.82) is 0 Å². The lowest BCUT2D eigenvalue weighted by Gasteiger charge is -2.29. The number of benzene rings is 1. The molecule has 4 N–H and O–H groups in total. The highest BCUT2D eigenvalue weighted by molar-refractivity contribution is 5.93. The summed E-state index contributed by atoms with van der Waals surface area (Å²) in [5, 5.41) is 9.19. The molecular formula is C15H25N3O2. The van der Waals surface area contributed by atoms with Crippen molar-refractivity contribution in [2.45, 2.75) is 39.3 Å². The van der Waals surface area contributed by atoms with Crippen molar-refractivity contribution in [2.75, 3.05) is 13.2 Å². The van der Waals surface area contributed by atoms with Crippen molar-refractivity contribution in [3.05, 3.63) is 35.4 Å². The van der Waals surface area contributed by atoms with E-state index in [0.717, 1.165) is 24.9 Å². The minimum Gasteiger partial charge on any atom is -0.395 e. The lowest BCUT2D eigenvalue weighted by atomic mass is 10.1. The van der Waals surface area contributed by atoms with Gasteiger partial charge in [-0.15, -0.1) is 0 Å². The molecule has 5 heteroatoms. The van der Waals surface area contributed by atoms with Crippen molar-refractivity contribution < 1.29 is 9.90 Å². The van der Waals surface area contributed by atoms with Gasteiger partial charge in [-0.2, -0.15) is 0 Å². The van der Waals surface area contributed by atoms with Gasteiger partial charge in [0.25, 0.3) is 5.91 Å². The smallest absolute Gasteiger partial charge is 0.265 e. The lowest BCUT2D eigenvalue weighted by molar-refractivity contribution is 0.0953. The molecule has 1 aromatic rings. The van der Waals surface area contributed by atoms with Gasteiger partial charge in [0.1, 0.15) is 0 Å². The van der Waals surface area contributed by atoms with Crippen LogP contribution in [0.2, 0.25) is 0 Å². The molecule has 0 bridgehead atoms. The maximum absolute atomic E-state index is 11.4. The molecule has 1 amide bonds. The van der Waals surface area contributed by atoms with Gasteiger partial charge in [-0.05, 0) is 30.5 Å². The van der Waals surface area contributed by atoms with E-state index in [1.54, 1.807) is 12.1 Å². The Balaban J connectivity index is 2.75. The second-order valence-corrected chi connectivity index (χ2v) is 4.83. The number of hydrogen-bond acceptors (Lipinski definition) is 4. The zero-order chi connectivity index (χ0) is 15.0. The monoisotopic (exact) mass is 279 g/mol. The molecule has 0 unspecified atom stereocenters. The van der Waals surface area contributed by atoms with E-state index in [0.29, 0.717) is 18.2 Å². The highest BCUT2D eigenvalue weighted by atomic mass is 16.3. The minimum atomic E-state index is -0.288. The Hall–Kier alpha value is -1.43. The number of hydrazine groups is 1. The molecule has 5 nitrogen and oxygen atoms in total. The molecule has 0 spiro atoms. The molecule has 0 heterocycles. The minimum absolute atomic E-state index is 0.157. The van der Waals surface area contributed by atoms with Gasteiger partial charge in [0.2, 0.25) is 0 Å². The first-order valence-electron chi connectivity index (χ1n) is 7.11. The number of nitrogen functional groups attached to an aromatic ring is 1. The summed E-state index contributed by atoms with van der Waals surface area (Å²) in [4.78, 5) is 13.6. The highest BCUT2D eigenvalue weighted by Crippen LogP contribution is 2.14. The number of rotatable bonds is 8. The number of nitrogens with zero attached hydrogens (tertiary/aromatic N) is 1. The quantitative estimate of drug-likeness (QED) is 0.380. The van der Waals surface area contributed by atoms with Crippen molar-refractivity contribution in [1.82, 2.24) is 10.3 Å². The number of nitrogens with one attached hydrogen (secondary N) is 1. The summed E-state index contributed by atoms with van der Waals surface area (Å²) in [5.41, 5.74) is 3.79. The first kappa shape index (κ1) is 16.6. The average molecular weight is 279 g/mol. The maximum atomic E-state index is 11.4. The van der Waals surface area contributed by atoms with Crippen LogP contribution in [-0.4, -0.2) is 35.1 Å². The molecule has 1 aromatic carbocycles. The summed E-state index contributed by atoms with van der Waals surface area (Å²) in [5.74, 6) is 4.81. The number of carbonyl (C=O) groups is 1. The number of aliphatic hydroxyl groups is 1. The van der Waals surface area contributed by atoms with Crippen LogP contribution in [0.1, 0.15) is 42.6 Å². The first-order valence-corrected chi connectivity index (χ1v) is 7.11. The van der Waals surface area contributed by atoms with Gasteiger partial charge >= 0.3 is 0 Å². The fraction of sp³-hybridized carbons (Fsp3) is 0.533. The fourth-order valence-electron chi connectivity index (χ4n) is 2.40. The summed E-state index contributed by atoms with van der Waals surface area (Å²) in [7, 11) is 0. The zero-order valence-electron chi connectivity index (χ0n) is 12.3. The molecule has 0 aromatic heterocycles. The molecule has 1 rings (SSSR count). The second kappa shape index (κ2) is 8.68. The van der Waals surface area contributed by atoms with Crippen LogP contribution in [0.3, 0.4) is 0 Å². The molecule has 0 fully saturated rings. The Morgan fingerprint density at radius 1 is 1.30 bits per heavy atom. The van der Waals surface area contributed by atoms with Crippen LogP contribution >= 0.6 is 0 Å². The molecule has 0 saturated heterocycles. The Bertz CT molecular complexity index is 402. The van der Waals surface area contributed by atoms with Gasteiger partial charge < -0.3 is 5.11 Å². The summed E-state index contributed by atoms with van der Waals surface area (Å²) in [6, 6.07) is 7.85. The van der Waals surface area contributed by atoms with Crippen LogP contribution in [0, 0.1) is 0 Å². The Morgan fingerprint density at radius 2 is 1.90 bits per heavy atom. The van der Waals surface area contributed by atoms with Gasteiger partial charge in [-0.3, -0.25) is 15.1 Å². The summed E-state index contributed by atoms with van der Waals surface area (Å²) < 4.78 is 0. The van der Waals surface area contributed by atoms with Crippen molar-refractivity contribution in [2.24, 2.45) is 5.84 Å². The summed E-state index contributed by atoms with van der Waals surface area (Å²) >= 11 is 0. The summed E-state index contributed by atoms with van der Waals surface area (Å²) in [6.07, 6.45) is 2.12. The van der Waals surface area contributed by atoms with E-state index in [9.17, 15) is 9.90 Å². The second-order valence-electron chi connectivity index (χ2n) is 4.83. The van der Waals surface area contributed by atoms with Gasteiger partial charge in [0.15, 0.2) is 0 Å². The molecule has 0 atom stereocenters. The van der Waals surface area contributed by atoms with Gasteiger partial charge in [0, 0.05) is 24.7 Å². The molecule has 0 radical (unpaired) electrons. The number of nitrogens with two attached hydrogens (primary N) is 1. The molecule has 112 valence electrons. The molecule has 20 heavy (non-hydrogen) atoms. The van der Waals surface area contributed by atoms with Gasteiger partial charge in [0.05, 0.1) is 6.61 Å². The Morgan fingerprint density at radius 3 is 2.35 bits per heavy atom. The number of aliphatic hydroxyl groups excluding tert-OH is 1. The maximum Gasteiger partial charge on any atom is 0.265 e. The van der Waals surface area contributed by atoms with E-state index in [1.165, 1.54) is 0 Å². The van der Waals surface area contributed by atoms with Crippen LogP contribution in [0.25, 0.3) is 0 Å². The van der Waals surface area contributed by atoms with Crippen LogP contribution in [0.15, 0.2) is 24.3 Å². The molecule has 0 aliphatic carbocycles. The third-order valence-corrected chi connectivity index (χ3v) is 3.58. The summed E-state index contributed by atoms with van der Waals surface area (Å²) in [6.45, 7) is 5.92. The lowest BCUT2D eigenvalue weighted by Crippen LogP contribution is -2.36. The topological polar surface area (TPSA) is 78.6 Å². The van der Waals surface area contributed by atoms with Crippen LogP contribution in [0.5, 0.6) is 0 Å². The molecule has 0 aliphatic heterocycles. The number of amides is 1. The Kier molecular flexibility index (Phi) is 7.22. The predicted molar refractivity (Wildman–Crippen MR) is 80.0 cm³/mol. The predicted octanol–water partition coefficient (Wildman–Crippen LogP) is 1.27. The average Bonchev–Trinajstić information content (AvgIpc) is 2.48. The molecular weight excluding hydrogens is 254 g/mol. The number of carbonyl (C=O) groups excluding carboxylic acids is 1. The van der Waals surface area contributed by atoms with Crippen molar-refractivity contribution in [3.8, 4) is 0 Å². The third-order valence-electron chi connectivity index (χ3n) is 3.58. The number of hydrogen-bond donors (Lipinski definition) is 3. The standard InChI is InChI=1S/C15H25N3O2/c1-3-14(4-2)18(9-10-19)11-12-5-7-13(8-6-12)15(20)17-16/h5-8,14,19H,3-4,9-11,16H2,1-2H3,(H,17,20). The fourth-order valence-corrected chi connectivity index (χ4v) is 2.40. The van der Waals surface area contributed by atoms with E-state index < -0.39 is 0 Å². The van der Waals surface area contributed by atoms with E-state index in [4.69, 9.17) is 5.84 Å². The van der Waals surface area contributed by atoms with E-state index in [-0.39, 0.29) is 12.5 Å². The largest absolute Gasteiger partial charge is 0.395 e. The SMILES string of the molecule is CCC(CC)N(CCO)Cc1ccc(C(=O)NN)cc1. The van der Waals surface area contributed by atoms with Crippen molar-refractivity contribution in [3.63, 3.8) is 0 Å².